The molecule has 0 aromatic heterocycles. The summed E-state index contributed by atoms with van der Waals surface area (Å²) in [6, 6.07) is 15.6. The van der Waals surface area contributed by atoms with E-state index in [1.54, 1.807) is 29.2 Å². The quantitative estimate of drug-likeness (QED) is 0.774. The molecule has 1 fully saturated rings. The van der Waals surface area contributed by atoms with Gasteiger partial charge in [0.1, 0.15) is 6.61 Å². The van der Waals surface area contributed by atoms with Crippen LogP contribution in [0, 0.1) is 5.92 Å². The molecule has 152 valence electrons. The molecule has 3 rings (SSSR count). The van der Waals surface area contributed by atoms with Crippen molar-refractivity contribution in [3.05, 3.63) is 71.3 Å². The summed E-state index contributed by atoms with van der Waals surface area (Å²) >= 11 is 0. The SMILES string of the molecule is COC(=O)c1ccc(C2CC(C(=O)O)CCN2C(=O)OCc2ccccc2)cc1. The van der Waals surface area contributed by atoms with Crippen molar-refractivity contribution >= 4 is 18.0 Å². The number of amides is 1. The molecule has 1 amide bonds. The maximum absolute atomic E-state index is 12.7. The van der Waals surface area contributed by atoms with E-state index in [9.17, 15) is 19.5 Å². The minimum Gasteiger partial charge on any atom is -0.481 e. The third-order valence-corrected chi connectivity index (χ3v) is 5.11. The Balaban J connectivity index is 1.77. The van der Waals surface area contributed by atoms with Crippen molar-refractivity contribution in [3.8, 4) is 0 Å². The predicted molar refractivity (Wildman–Crippen MR) is 104 cm³/mol. The van der Waals surface area contributed by atoms with Crippen LogP contribution in [0.5, 0.6) is 0 Å². The Hall–Kier alpha value is -3.35. The Morgan fingerprint density at radius 2 is 1.76 bits per heavy atom. The average Bonchev–Trinajstić information content (AvgIpc) is 2.77. The van der Waals surface area contributed by atoms with Gasteiger partial charge in [0, 0.05) is 6.54 Å². The van der Waals surface area contributed by atoms with Crippen LogP contribution in [0.1, 0.15) is 40.4 Å². The van der Waals surface area contributed by atoms with Gasteiger partial charge in [-0.05, 0) is 36.1 Å². The maximum atomic E-state index is 12.7. The van der Waals surface area contributed by atoms with E-state index >= 15 is 0 Å². The lowest BCUT2D eigenvalue weighted by molar-refractivity contribution is -0.144. The molecular weight excluding hydrogens is 374 g/mol. The number of carbonyl (C=O) groups excluding carboxylic acids is 2. The van der Waals surface area contributed by atoms with Crippen molar-refractivity contribution in [2.24, 2.45) is 5.92 Å². The molecule has 2 unspecified atom stereocenters. The van der Waals surface area contributed by atoms with E-state index in [0.29, 0.717) is 12.0 Å². The summed E-state index contributed by atoms with van der Waals surface area (Å²) in [6.45, 7) is 0.431. The van der Waals surface area contributed by atoms with Crippen LogP contribution in [0.2, 0.25) is 0 Å². The molecule has 2 atom stereocenters. The molecule has 0 saturated carbocycles. The molecule has 0 aliphatic carbocycles. The van der Waals surface area contributed by atoms with E-state index in [-0.39, 0.29) is 19.6 Å². The van der Waals surface area contributed by atoms with E-state index in [1.165, 1.54) is 7.11 Å². The smallest absolute Gasteiger partial charge is 0.410 e. The van der Waals surface area contributed by atoms with Gasteiger partial charge in [0.25, 0.3) is 0 Å². The summed E-state index contributed by atoms with van der Waals surface area (Å²) in [5.41, 5.74) is 2.01. The fourth-order valence-electron chi connectivity index (χ4n) is 3.49. The number of hydrogen-bond acceptors (Lipinski definition) is 5. The number of ether oxygens (including phenoxy) is 2. The van der Waals surface area contributed by atoms with Crippen LogP contribution in [0.3, 0.4) is 0 Å². The van der Waals surface area contributed by atoms with Crippen LogP contribution in [0.4, 0.5) is 4.79 Å². The Kier molecular flexibility index (Phi) is 6.49. The van der Waals surface area contributed by atoms with Crippen LogP contribution < -0.4 is 0 Å². The first-order chi connectivity index (χ1) is 14.0. The third kappa shape index (κ3) is 4.93. The van der Waals surface area contributed by atoms with Crippen LogP contribution in [0.15, 0.2) is 54.6 Å². The van der Waals surface area contributed by atoms with Crippen molar-refractivity contribution in [3.63, 3.8) is 0 Å². The standard InChI is InChI=1S/C22H23NO6/c1-28-21(26)17-9-7-16(8-10-17)19-13-18(20(24)25)11-12-23(19)22(27)29-14-15-5-3-2-4-6-15/h2-10,18-19H,11-14H2,1H3,(H,24,25). The second kappa shape index (κ2) is 9.23. The molecule has 7 nitrogen and oxygen atoms in total. The molecule has 1 heterocycles. The number of methoxy groups -OCH3 is 1. The van der Waals surface area contributed by atoms with Gasteiger partial charge in [-0.1, -0.05) is 42.5 Å². The van der Waals surface area contributed by atoms with Gasteiger partial charge in [-0.2, -0.15) is 0 Å². The van der Waals surface area contributed by atoms with Gasteiger partial charge in [0.15, 0.2) is 0 Å². The number of aliphatic carboxylic acids is 1. The number of hydrogen-bond donors (Lipinski definition) is 1. The number of benzene rings is 2. The number of nitrogens with zero attached hydrogens (tertiary/aromatic N) is 1. The number of likely N-dealkylation sites (tertiary alicyclic amines) is 1. The molecule has 29 heavy (non-hydrogen) atoms. The second-order valence-corrected chi connectivity index (χ2v) is 6.92. The lowest BCUT2D eigenvalue weighted by Crippen LogP contribution is -2.42. The molecule has 1 aliphatic rings. The molecule has 7 heteroatoms. The monoisotopic (exact) mass is 397 g/mol. The fourth-order valence-corrected chi connectivity index (χ4v) is 3.49. The number of carboxylic acids is 1. The van der Waals surface area contributed by atoms with Gasteiger partial charge in [-0.15, -0.1) is 0 Å². The van der Waals surface area contributed by atoms with Crippen molar-refractivity contribution in [2.45, 2.75) is 25.5 Å². The first-order valence-electron chi connectivity index (χ1n) is 9.38. The minimum absolute atomic E-state index is 0.145. The summed E-state index contributed by atoms with van der Waals surface area (Å²) in [5, 5.41) is 9.43. The summed E-state index contributed by atoms with van der Waals surface area (Å²) in [6.07, 6.45) is 0.166. The van der Waals surface area contributed by atoms with Crippen molar-refractivity contribution in [1.82, 2.24) is 4.90 Å². The highest BCUT2D eigenvalue weighted by molar-refractivity contribution is 5.89. The Bertz CT molecular complexity index is 865. The zero-order valence-electron chi connectivity index (χ0n) is 16.1. The Morgan fingerprint density at radius 3 is 2.38 bits per heavy atom. The summed E-state index contributed by atoms with van der Waals surface area (Å²) < 4.78 is 10.2. The summed E-state index contributed by atoms with van der Waals surface area (Å²) in [7, 11) is 1.30. The van der Waals surface area contributed by atoms with Crippen molar-refractivity contribution < 1.29 is 29.0 Å². The van der Waals surface area contributed by atoms with E-state index in [4.69, 9.17) is 9.47 Å². The second-order valence-electron chi connectivity index (χ2n) is 6.92. The van der Waals surface area contributed by atoms with Gasteiger partial charge < -0.3 is 19.5 Å². The topological polar surface area (TPSA) is 93.1 Å². The molecule has 2 aromatic carbocycles. The number of carbonyl (C=O) groups is 3. The lowest BCUT2D eigenvalue weighted by Gasteiger charge is -2.37. The average molecular weight is 397 g/mol. The highest BCUT2D eigenvalue weighted by atomic mass is 16.6. The summed E-state index contributed by atoms with van der Waals surface area (Å²) in [5.74, 6) is -1.88. The highest BCUT2D eigenvalue weighted by Gasteiger charge is 2.36. The number of esters is 1. The first kappa shape index (κ1) is 20.4. The van der Waals surface area contributed by atoms with Crippen LogP contribution in [-0.4, -0.2) is 41.7 Å². The number of carboxylic acid groups (broad SMARTS) is 1. The Morgan fingerprint density at radius 1 is 1.07 bits per heavy atom. The largest absolute Gasteiger partial charge is 0.481 e. The molecule has 1 N–H and O–H groups in total. The predicted octanol–water partition coefficient (Wildman–Crippen LogP) is 3.65. The van der Waals surface area contributed by atoms with Crippen LogP contribution in [0.25, 0.3) is 0 Å². The molecule has 0 spiro atoms. The fraction of sp³-hybridized carbons (Fsp3) is 0.318. The van der Waals surface area contributed by atoms with Crippen molar-refractivity contribution in [2.75, 3.05) is 13.7 Å². The van der Waals surface area contributed by atoms with E-state index < -0.39 is 30.0 Å². The molecule has 2 aromatic rings. The van der Waals surface area contributed by atoms with E-state index in [0.717, 1.165) is 11.1 Å². The van der Waals surface area contributed by atoms with Crippen molar-refractivity contribution in [1.29, 1.82) is 0 Å². The minimum atomic E-state index is -0.876. The van der Waals surface area contributed by atoms with Gasteiger partial charge in [0.05, 0.1) is 24.6 Å². The Labute approximate surface area is 168 Å². The normalized spacial score (nSPS) is 18.7. The first-order valence-corrected chi connectivity index (χ1v) is 9.38. The maximum Gasteiger partial charge on any atom is 0.410 e. The van der Waals surface area contributed by atoms with Gasteiger partial charge in [0.2, 0.25) is 0 Å². The molecule has 0 radical (unpaired) electrons. The van der Waals surface area contributed by atoms with Gasteiger partial charge in [-0.25, -0.2) is 9.59 Å². The van der Waals surface area contributed by atoms with E-state index in [2.05, 4.69) is 0 Å². The number of piperidine rings is 1. The van der Waals surface area contributed by atoms with Crippen LogP contribution in [-0.2, 0) is 20.9 Å². The molecule has 1 aliphatic heterocycles. The van der Waals surface area contributed by atoms with Crippen LogP contribution >= 0.6 is 0 Å². The third-order valence-electron chi connectivity index (χ3n) is 5.11. The lowest BCUT2D eigenvalue weighted by atomic mass is 9.87. The zero-order valence-corrected chi connectivity index (χ0v) is 16.1. The molecule has 0 bridgehead atoms. The molecular formula is C22H23NO6. The molecule has 1 saturated heterocycles. The zero-order chi connectivity index (χ0) is 20.8. The van der Waals surface area contributed by atoms with Gasteiger partial charge in [-0.3, -0.25) is 4.79 Å². The number of rotatable bonds is 5. The van der Waals surface area contributed by atoms with E-state index in [1.807, 2.05) is 30.3 Å². The highest BCUT2D eigenvalue weighted by Crippen LogP contribution is 2.35. The summed E-state index contributed by atoms with van der Waals surface area (Å²) in [4.78, 5) is 37.5. The van der Waals surface area contributed by atoms with Gasteiger partial charge >= 0.3 is 18.0 Å².